The van der Waals surface area contributed by atoms with Gasteiger partial charge in [0.2, 0.25) is 11.8 Å². The Balaban J connectivity index is 1.46. The highest BCUT2D eigenvalue weighted by Crippen LogP contribution is 2.19. The molecule has 24 heavy (non-hydrogen) atoms. The first-order valence-corrected chi connectivity index (χ1v) is 8.94. The van der Waals surface area contributed by atoms with Gasteiger partial charge in [0, 0.05) is 45.7 Å². The van der Waals surface area contributed by atoms with E-state index in [1.54, 1.807) is 11.8 Å². The standard InChI is InChI=1S/C19H27N3O2/c1-15(23)22-10-5-8-17(13-22)19(24)20-18-9-11-21(14-18)12-16-6-3-2-4-7-16/h2-4,6-7,17-18H,5,8-14H2,1H3,(H,20,24)/t17-,18-/m1/s1. The number of hydrogen-bond acceptors (Lipinski definition) is 3. The van der Waals surface area contributed by atoms with Crippen molar-refractivity contribution in [1.82, 2.24) is 15.1 Å². The second-order valence-electron chi connectivity index (χ2n) is 7.02. The summed E-state index contributed by atoms with van der Waals surface area (Å²) in [5, 5.41) is 3.21. The molecular formula is C19H27N3O2. The van der Waals surface area contributed by atoms with Crippen LogP contribution in [-0.4, -0.2) is 53.8 Å². The van der Waals surface area contributed by atoms with Gasteiger partial charge in [-0.25, -0.2) is 0 Å². The van der Waals surface area contributed by atoms with E-state index < -0.39 is 0 Å². The number of piperidine rings is 1. The van der Waals surface area contributed by atoms with Crippen molar-refractivity contribution >= 4 is 11.8 Å². The van der Waals surface area contributed by atoms with Gasteiger partial charge in [-0.2, -0.15) is 0 Å². The van der Waals surface area contributed by atoms with E-state index in [0.29, 0.717) is 6.54 Å². The van der Waals surface area contributed by atoms with Crippen molar-refractivity contribution in [1.29, 1.82) is 0 Å². The monoisotopic (exact) mass is 329 g/mol. The molecule has 2 atom stereocenters. The Kier molecular flexibility index (Phi) is 5.51. The average Bonchev–Trinajstić information content (AvgIpc) is 3.02. The highest BCUT2D eigenvalue weighted by molar-refractivity contribution is 5.81. The molecule has 0 spiro atoms. The summed E-state index contributed by atoms with van der Waals surface area (Å²) in [5.41, 5.74) is 1.31. The Hall–Kier alpha value is -1.88. The molecule has 0 saturated carbocycles. The SMILES string of the molecule is CC(=O)N1CCC[C@@H](C(=O)N[C@@H]2CCN(Cc3ccccc3)C2)C1. The van der Waals surface area contributed by atoms with Crippen LogP contribution in [0.2, 0.25) is 0 Å². The van der Waals surface area contributed by atoms with Crippen molar-refractivity contribution in [2.75, 3.05) is 26.2 Å². The highest BCUT2D eigenvalue weighted by atomic mass is 16.2. The summed E-state index contributed by atoms with van der Waals surface area (Å²) < 4.78 is 0. The fourth-order valence-corrected chi connectivity index (χ4v) is 3.73. The van der Waals surface area contributed by atoms with Crippen molar-refractivity contribution in [3.63, 3.8) is 0 Å². The Morgan fingerprint density at radius 3 is 2.67 bits per heavy atom. The zero-order chi connectivity index (χ0) is 16.9. The third-order valence-electron chi connectivity index (χ3n) is 5.11. The first kappa shape index (κ1) is 17.0. The molecule has 0 unspecified atom stereocenters. The van der Waals surface area contributed by atoms with Gasteiger partial charge in [-0.1, -0.05) is 30.3 Å². The average molecular weight is 329 g/mol. The van der Waals surface area contributed by atoms with E-state index in [0.717, 1.165) is 45.4 Å². The van der Waals surface area contributed by atoms with Gasteiger partial charge in [0.25, 0.3) is 0 Å². The van der Waals surface area contributed by atoms with E-state index in [-0.39, 0.29) is 23.8 Å². The molecule has 130 valence electrons. The van der Waals surface area contributed by atoms with Crippen LogP contribution in [0, 0.1) is 5.92 Å². The predicted molar refractivity (Wildman–Crippen MR) is 93.2 cm³/mol. The molecule has 1 N–H and O–H groups in total. The second-order valence-corrected chi connectivity index (χ2v) is 7.02. The minimum atomic E-state index is -0.0502. The number of benzene rings is 1. The zero-order valence-corrected chi connectivity index (χ0v) is 14.4. The van der Waals surface area contributed by atoms with E-state index in [1.807, 2.05) is 6.07 Å². The van der Waals surface area contributed by atoms with Crippen LogP contribution in [0.25, 0.3) is 0 Å². The van der Waals surface area contributed by atoms with Crippen LogP contribution in [0.5, 0.6) is 0 Å². The number of carbonyl (C=O) groups excluding carboxylic acids is 2. The van der Waals surface area contributed by atoms with Crippen LogP contribution < -0.4 is 5.32 Å². The summed E-state index contributed by atoms with van der Waals surface area (Å²) in [7, 11) is 0. The summed E-state index contributed by atoms with van der Waals surface area (Å²) >= 11 is 0. The zero-order valence-electron chi connectivity index (χ0n) is 14.4. The van der Waals surface area contributed by atoms with Crippen molar-refractivity contribution < 1.29 is 9.59 Å². The number of carbonyl (C=O) groups is 2. The van der Waals surface area contributed by atoms with E-state index in [4.69, 9.17) is 0 Å². The Morgan fingerprint density at radius 2 is 1.92 bits per heavy atom. The van der Waals surface area contributed by atoms with Gasteiger partial charge in [-0.15, -0.1) is 0 Å². The Morgan fingerprint density at radius 1 is 1.12 bits per heavy atom. The van der Waals surface area contributed by atoms with Crippen LogP contribution in [0.15, 0.2) is 30.3 Å². The molecule has 0 radical (unpaired) electrons. The molecule has 1 aromatic carbocycles. The van der Waals surface area contributed by atoms with Gasteiger partial charge in [-0.3, -0.25) is 14.5 Å². The number of amides is 2. The van der Waals surface area contributed by atoms with E-state index in [9.17, 15) is 9.59 Å². The summed E-state index contributed by atoms with van der Waals surface area (Å²) in [6, 6.07) is 10.7. The number of nitrogens with one attached hydrogen (secondary N) is 1. The first-order valence-electron chi connectivity index (χ1n) is 8.94. The second kappa shape index (κ2) is 7.79. The van der Waals surface area contributed by atoms with Gasteiger partial charge in [0.05, 0.1) is 5.92 Å². The molecule has 2 aliphatic heterocycles. The van der Waals surface area contributed by atoms with Gasteiger partial charge in [0.1, 0.15) is 0 Å². The molecule has 2 aliphatic rings. The number of nitrogens with zero attached hydrogens (tertiary/aromatic N) is 2. The molecule has 2 fully saturated rings. The molecule has 5 nitrogen and oxygen atoms in total. The van der Waals surface area contributed by atoms with Crippen LogP contribution in [-0.2, 0) is 16.1 Å². The highest BCUT2D eigenvalue weighted by Gasteiger charge is 2.30. The van der Waals surface area contributed by atoms with E-state index in [2.05, 4.69) is 34.5 Å². The fourth-order valence-electron chi connectivity index (χ4n) is 3.73. The molecule has 2 amide bonds. The lowest BCUT2D eigenvalue weighted by Gasteiger charge is -2.31. The molecule has 0 aromatic heterocycles. The van der Waals surface area contributed by atoms with Crippen molar-refractivity contribution in [2.45, 2.75) is 38.8 Å². The largest absolute Gasteiger partial charge is 0.352 e. The molecule has 0 bridgehead atoms. The molecule has 2 saturated heterocycles. The minimum absolute atomic E-state index is 0.0502. The smallest absolute Gasteiger partial charge is 0.225 e. The number of hydrogen-bond donors (Lipinski definition) is 1. The van der Waals surface area contributed by atoms with Gasteiger partial charge in [0.15, 0.2) is 0 Å². The van der Waals surface area contributed by atoms with Crippen molar-refractivity contribution in [3.05, 3.63) is 35.9 Å². The summed E-state index contributed by atoms with van der Waals surface area (Å²) in [4.78, 5) is 28.2. The molecule has 0 aliphatic carbocycles. The van der Waals surface area contributed by atoms with Crippen LogP contribution in [0.1, 0.15) is 31.7 Å². The minimum Gasteiger partial charge on any atom is -0.352 e. The fraction of sp³-hybridized carbons (Fsp3) is 0.579. The van der Waals surface area contributed by atoms with Crippen LogP contribution in [0.4, 0.5) is 0 Å². The normalized spacial score (nSPS) is 24.8. The number of likely N-dealkylation sites (tertiary alicyclic amines) is 2. The summed E-state index contributed by atoms with van der Waals surface area (Å²) in [5.74, 6) is 0.140. The van der Waals surface area contributed by atoms with Gasteiger partial charge >= 0.3 is 0 Å². The predicted octanol–water partition coefficient (Wildman–Crippen LogP) is 1.64. The lowest BCUT2D eigenvalue weighted by molar-refractivity contribution is -0.134. The Labute approximate surface area is 144 Å². The maximum absolute atomic E-state index is 12.5. The van der Waals surface area contributed by atoms with Crippen LogP contribution in [0.3, 0.4) is 0 Å². The lowest BCUT2D eigenvalue weighted by atomic mass is 9.96. The molecule has 3 rings (SSSR count). The summed E-state index contributed by atoms with van der Waals surface area (Å²) in [6.45, 7) is 5.80. The lowest BCUT2D eigenvalue weighted by Crippen LogP contribution is -2.47. The third-order valence-corrected chi connectivity index (χ3v) is 5.11. The van der Waals surface area contributed by atoms with Crippen LogP contribution >= 0.6 is 0 Å². The van der Waals surface area contributed by atoms with Gasteiger partial charge < -0.3 is 10.2 Å². The van der Waals surface area contributed by atoms with E-state index >= 15 is 0 Å². The molecule has 5 heteroatoms. The summed E-state index contributed by atoms with van der Waals surface area (Å²) in [6.07, 6.45) is 2.81. The van der Waals surface area contributed by atoms with Crippen molar-refractivity contribution in [2.24, 2.45) is 5.92 Å². The Bertz CT molecular complexity index is 575. The first-order chi connectivity index (χ1) is 11.6. The van der Waals surface area contributed by atoms with Crippen molar-refractivity contribution in [3.8, 4) is 0 Å². The topological polar surface area (TPSA) is 52.7 Å². The third kappa shape index (κ3) is 4.35. The van der Waals surface area contributed by atoms with E-state index in [1.165, 1.54) is 5.56 Å². The quantitative estimate of drug-likeness (QED) is 0.913. The molecule has 2 heterocycles. The molecular weight excluding hydrogens is 302 g/mol. The number of rotatable bonds is 4. The molecule has 1 aromatic rings. The van der Waals surface area contributed by atoms with Gasteiger partial charge in [-0.05, 0) is 24.8 Å². The maximum Gasteiger partial charge on any atom is 0.225 e. The maximum atomic E-state index is 12.5.